The first kappa shape index (κ1) is 15.5. The van der Waals surface area contributed by atoms with Crippen molar-refractivity contribution < 1.29 is 4.74 Å². The monoisotopic (exact) mass is 197 g/mol. The van der Waals surface area contributed by atoms with Gasteiger partial charge in [0.1, 0.15) is 12.4 Å². The second kappa shape index (κ2) is 12.0. The quantitative estimate of drug-likeness (QED) is 0.543. The van der Waals surface area contributed by atoms with Crippen molar-refractivity contribution >= 4 is 0 Å². The van der Waals surface area contributed by atoms with Gasteiger partial charge in [0, 0.05) is 6.54 Å². The van der Waals surface area contributed by atoms with Gasteiger partial charge < -0.3 is 10.5 Å². The maximum absolute atomic E-state index is 5.32. The molecule has 2 heteroatoms. The topological polar surface area (TPSA) is 35.2 Å². The van der Waals surface area contributed by atoms with E-state index >= 15 is 0 Å². The molecular formula is C12H23NO. The van der Waals surface area contributed by atoms with Gasteiger partial charge in [-0.05, 0) is 31.6 Å². The maximum Gasteiger partial charge on any atom is 0.115 e. The highest BCUT2D eigenvalue weighted by Gasteiger charge is 1.90. The third-order valence-corrected chi connectivity index (χ3v) is 1.36. The van der Waals surface area contributed by atoms with Gasteiger partial charge in [-0.3, -0.25) is 0 Å². The van der Waals surface area contributed by atoms with E-state index in [1.807, 2.05) is 39.8 Å². The second-order valence-corrected chi connectivity index (χ2v) is 2.42. The van der Waals surface area contributed by atoms with Crippen LogP contribution in [0.25, 0.3) is 0 Å². The molecule has 0 heterocycles. The molecule has 0 aliphatic rings. The van der Waals surface area contributed by atoms with E-state index < -0.39 is 0 Å². The smallest absolute Gasteiger partial charge is 0.115 e. The molecule has 0 aromatic heterocycles. The van der Waals surface area contributed by atoms with E-state index in [4.69, 9.17) is 10.5 Å². The summed E-state index contributed by atoms with van der Waals surface area (Å²) in [5, 5.41) is 0. The highest BCUT2D eigenvalue weighted by molar-refractivity contribution is 5.23. The summed E-state index contributed by atoms with van der Waals surface area (Å²) in [6, 6.07) is 0. The van der Waals surface area contributed by atoms with Gasteiger partial charge in [-0.1, -0.05) is 26.5 Å². The highest BCUT2D eigenvalue weighted by atomic mass is 16.5. The molecular weight excluding hydrogens is 174 g/mol. The molecule has 0 bridgehead atoms. The molecule has 0 fully saturated rings. The number of allylic oxidation sites excluding steroid dienone is 4. The van der Waals surface area contributed by atoms with Crippen LogP contribution in [0.1, 0.15) is 27.7 Å². The van der Waals surface area contributed by atoms with Gasteiger partial charge in [-0.15, -0.1) is 0 Å². The van der Waals surface area contributed by atoms with Gasteiger partial charge in [-0.2, -0.15) is 0 Å². The molecule has 0 rings (SSSR count). The summed E-state index contributed by atoms with van der Waals surface area (Å²) >= 11 is 0. The summed E-state index contributed by atoms with van der Waals surface area (Å²) in [6.45, 7) is 12.7. The molecule has 82 valence electrons. The first-order valence-electron chi connectivity index (χ1n) is 5.04. The van der Waals surface area contributed by atoms with Crippen LogP contribution in [0, 0.1) is 0 Å². The van der Waals surface area contributed by atoms with Crippen molar-refractivity contribution in [1.29, 1.82) is 0 Å². The molecule has 0 aliphatic carbocycles. The molecule has 0 spiro atoms. The van der Waals surface area contributed by atoms with E-state index in [9.17, 15) is 0 Å². The zero-order valence-corrected chi connectivity index (χ0v) is 9.84. The number of ether oxygens (including phenoxy) is 1. The molecule has 14 heavy (non-hydrogen) atoms. The van der Waals surface area contributed by atoms with Crippen molar-refractivity contribution in [2.24, 2.45) is 5.73 Å². The Morgan fingerprint density at radius 1 is 1.43 bits per heavy atom. The zero-order chi connectivity index (χ0) is 11.4. The Bertz CT molecular complexity index is 192. The standard InChI is InChI=1S/C10H17NO.C2H6/c1-4-9(3)8-10(5-2)12-7-6-11;1-2/h4-5,8H,1,6-7,11H2,2-3H3;1-2H3/b9-8-,10-5+;. The predicted molar refractivity (Wildman–Crippen MR) is 64.1 cm³/mol. The Balaban J connectivity index is 0. The Kier molecular flexibility index (Phi) is 13.2. The summed E-state index contributed by atoms with van der Waals surface area (Å²) in [5.41, 5.74) is 6.39. The van der Waals surface area contributed by atoms with Crippen LogP contribution in [-0.4, -0.2) is 13.2 Å². The average molecular weight is 197 g/mol. The fourth-order valence-electron chi connectivity index (χ4n) is 0.668. The van der Waals surface area contributed by atoms with Crippen LogP contribution in [0.5, 0.6) is 0 Å². The van der Waals surface area contributed by atoms with E-state index in [2.05, 4.69) is 6.58 Å². The summed E-state index contributed by atoms with van der Waals surface area (Å²) in [7, 11) is 0. The lowest BCUT2D eigenvalue weighted by Crippen LogP contribution is -2.07. The summed E-state index contributed by atoms with van der Waals surface area (Å²) in [5.74, 6) is 0.845. The summed E-state index contributed by atoms with van der Waals surface area (Å²) < 4.78 is 5.32. The zero-order valence-electron chi connectivity index (χ0n) is 9.84. The van der Waals surface area contributed by atoms with Crippen LogP contribution in [0.4, 0.5) is 0 Å². The van der Waals surface area contributed by atoms with E-state index in [1.165, 1.54) is 0 Å². The third-order valence-electron chi connectivity index (χ3n) is 1.36. The molecule has 0 saturated carbocycles. The molecule has 0 amide bonds. The lowest BCUT2D eigenvalue weighted by molar-refractivity contribution is 0.233. The molecule has 0 aromatic carbocycles. The highest BCUT2D eigenvalue weighted by Crippen LogP contribution is 2.04. The summed E-state index contributed by atoms with van der Waals surface area (Å²) in [4.78, 5) is 0. The average Bonchev–Trinajstić information content (AvgIpc) is 2.26. The normalized spacial score (nSPS) is 11.5. The molecule has 2 N–H and O–H groups in total. The van der Waals surface area contributed by atoms with E-state index in [-0.39, 0.29) is 0 Å². The molecule has 0 aromatic rings. The molecule has 0 radical (unpaired) electrons. The molecule has 0 unspecified atom stereocenters. The molecule has 0 aliphatic heterocycles. The van der Waals surface area contributed by atoms with Crippen molar-refractivity contribution in [3.63, 3.8) is 0 Å². The van der Waals surface area contributed by atoms with Gasteiger partial charge in [0.15, 0.2) is 0 Å². The van der Waals surface area contributed by atoms with Crippen LogP contribution >= 0.6 is 0 Å². The molecule has 2 nitrogen and oxygen atoms in total. The van der Waals surface area contributed by atoms with Crippen LogP contribution < -0.4 is 5.73 Å². The van der Waals surface area contributed by atoms with Gasteiger partial charge >= 0.3 is 0 Å². The van der Waals surface area contributed by atoms with Crippen LogP contribution in [0.3, 0.4) is 0 Å². The SMILES string of the molecule is C=C/C(C)=C\C(=C/C)OCCN.CC. The van der Waals surface area contributed by atoms with Crippen molar-refractivity contribution in [3.8, 4) is 0 Å². The first-order chi connectivity index (χ1) is 6.74. The fourth-order valence-corrected chi connectivity index (χ4v) is 0.668. The predicted octanol–water partition coefficient (Wildman–Crippen LogP) is 3.02. The minimum atomic E-state index is 0.540. The maximum atomic E-state index is 5.32. The van der Waals surface area contributed by atoms with E-state index in [0.717, 1.165) is 11.3 Å². The lowest BCUT2D eigenvalue weighted by atomic mass is 10.2. The van der Waals surface area contributed by atoms with Crippen LogP contribution in [0.2, 0.25) is 0 Å². The molecule has 0 saturated heterocycles. The number of nitrogens with two attached hydrogens (primary N) is 1. The largest absolute Gasteiger partial charge is 0.493 e. The van der Waals surface area contributed by atoms with E-state index in [1.54, 1.807) is 6.08 Å². The van der Waals surface area contributed by atoms with Gasteiger partial charge in [-0.25, -0.2) is 0 Å². The fraction of sp³-hybridized carbons (Fsp3) is 0.500. The van der Waals surface area contributed by atoms with Crippen molar-refractivity contribution in [2.45, 2.75) is 27.7 Å². The van der Waals surface area contributed by atoms with Crippen molar-refractivity contribution in [1.82, 2.24) is 0 Å². The summed E-state index contributed by atoms with van der Waals surface area (Å²) in [6.07, 6.45) is 5.63. The first-order valence-corrected chi connectivity index (χ1v) is 5.04. The Morgan fingerprint density at radius 2 is 2.00 bits per heavy atom. The molecule has 0 atom stereocenters. The Morgan fingerprint density at radius 3 is 2.36 bits per heavy atom. The lowest BCUT2D eigenvalue weighted by Gasteiger charge is -2.04. The van der Waals surface area contributed by atoms with Crippen molar-refractivity contribution in [3.05, 3.63) is 36.1 Å². The van der Waals surface area contributed by atoms with Crippen LogP contribution in [0.15, 0.2) is 36.1 Å². The van der Waals surface area contributed by atoms with Gasteiger partial charge in [0.2, 0.25) is 0 Å². The third kappa shape index (κ3) is 9.07. The second-order valence-electron chi connectivity index (χ2n) is 2.42. The van der Waals surface area contributed by atoms with E-state index in [0.29, 0.717) is 13.2 Å². The number of hydrogen-bond donors (Lipinski definition) is 1. The minimum Gasteiger partial charge on any atom is -0.493 e. The number of rotatable bonds is 5. The minimum absolute atomic E-state index is 0.540. The van der Waals surface area contributed by atoms with Gasteiger partial charge in [0.05, 0.1) is 0 Å². The number of hydrogen-bond acceptors (Lipinski definition) is 2. The van der Waals surface area contributed by atoms with Crippen molar-refractivity contribution in [2.75, 3.05) is 13.2 Å². The van der Waals surface area contributed by atoms with Gasteiger partial charge in [0.25, 0.3) is 0 Å². The Hall–Kier alpha value is -1.02. The van der Waals surface area contributed by atoms with Crippen LogP contribution in [-0.2, 0) is 4.74 Å². The Labute approximate surface area is 88.1 Å².